The largest absolute Gasteiger partial charge is 0.481 e. The Hall–Kier alpha value is -1.15. The van der Waals surface area contributed by atoms with E-state index in [4.69, 9.17) is 9.84 Å². The summed E-state index contributed by atoms with van der Waals surface area (Å²) in [4.78, 5) is 21.7. The number of carbonyl (C=O) groups is 2. The summed E-state index contributed by atoms with van der Waals surface area (Å²) in [7, 11) is -2.19. The van der Waals surface area contributed by atoms with Gasteiger partial charge in [0.2, 0.25) is 5.91 Å². The van der Waals surface area contributed by atoms with E-state index in [1.165, 1.54) is 14.0 Å². The van der Waals surface area contributed by atoms with Crippen LogP contribution in [0, 0.1) is 0 Å². The summed E-state index contributed by atoms with van der Waals surface area (Å²) in [6, 6.07) is 0. The van der Waals surface area contributed by atoms with Crippen molar-refractivity contribution < 1.29 is 27.9 Å². The highest BCUT2D eigenvalue weighted by molar-refractivity contribution is 7.92. The van der Waals surface area contributed by atoms with Crippen molar-refractivity contribution in [2.45, 2.75) is 25.0 Å². The summed E-state index contributed by atoms with van der Waals surface area (Å²) in [5.74, 6) is -2.51. The Morgan fingerprint density at radius 2 is 2.00 bits per heavy atom. The van der Waals surface area contributed by atoms with E-state index in [2.05, 4.69) is 5.32 Å². The molecule has 0 aromatic carbocycles. The molecule has 0 bridgehead atoms. The molecule has 1 unspecified atom stereocenters. The van der Waals surface area contributed by atoms with Gasteiger partial charge in [-0.3, -0.25) is 9.59 Å². The zero-order chi connectivity index (χ0) is 14.2. The normalized spacial score (nSPS) is 13.0. The van der Waals surface area contributed by atoms with E-state index in [1.54, 1.807) is 0 Å². The molecule has 0 aromatic heterocycles. The van der Waals surface area contributed by atoms with Crippen LogP contribution in [0.3, 0.4) is 0 Å². The number of rotatable bonds is 9. The first-order valence-corrected chi connectivity index (χ1v) is 7.20. The number of carboxylic acid groups (broad SMARTS) is 1. The number of methoxy groups -OCH3 is 1. The Labute approximate surface area is 106 Å². The molecule has 0 saturated heterocycles. The fourth-order valence-corrected chi connectivity index (χ4v) is 2.34. The molecule has 1 atom stereocenters. The number of carbonyl (C=O) groups excluding carboxylic acids is 1. The van der Waals surface area contributed by atoms with Gasteiger partial charge >= 0.3 is 5.97 Å². The summed E-state index contributed by atoms with van der Waals surface area (Å²) in [5, 5.41) is 9.87. The van der Waals surface area contributed by atoms with Gasteiger partial charge in [0.1, 0.15) is 5.75 Å². The molecule has 1 amide bonds. The third-order valence-electron chi connectivity index (χ3n) is 2.25. The number of hydrogen-bond donors (Lipinski definition) is 2. The Kier molecular flexibility index (Phi) is 7.53. The molecule has 0 fully saturated rings. The number of aliphatic carboxylic acids is 1. The molecule has 0 aliphatic heterocycles. The Bertz CT molecular complexity index is 378. The van der Waals surface area contributed by atoms with Crippen molar-refractivity contribution in [1.82, 2.24) is 5.32 Å². The van der Waals surface area contributed by atoms with Crippen LogP contribution in [0.1, 0.15) is 19.8 Å². The minimum Gasteiger partial charge on any atom is -0.481 e. The van der Waals surface area contributed by atoms with Gasteiger partial charge in [-0.05, 0) is 13.3 Å². The van der Waals surface area contributed by atoms with E-state index in [0.29, 0.717) is 19.6 Å². The number of carboxylic acids is 1. The molecule has 0 radical (unpaired) electrons. The summed E-state index contributed by atoms with van der Waals surface area (Å²) >= 11 is 0. The van der Waals surface area contributed by atoms with Gasteiger partial charge in [-0.15, -0.1) is 0 Å². The molecule has 0 saturated carbocycles. The Morgan fingerprint density at radius 1 is 1.39 bits per heavy atom. The maximum absolute atomic E-state index is 11.6. The third kappa shape index (κ3) is 7.23. The van der Waals surface area contributed by atoms with Gasteiger partial charge in [-0.2, -0.15) is 0 Å². The molecule has 0 rings (SSSR count). The first-order chi connectivity index (χ1) is 8.29. The second-order valence-electron chi connectivity index (χ2n) is 3.91. The van der Waals surface area contributed by atoms with Crippen molar-refractivity contribution in [2.75, 3.05) is 26.0 Å². The highest BCUT2D eigenvalue weighted by atomic mass is 32.2. The van der Waals surface area contributed by atoms with Crippen molar-refractivity contribution in [3.8, 4) is 0 Å². The predicted molar refractivity (Wildman–Crippen MR) is 65.0 cm³/mol. The van der Waals surface area contributed by atoms with Crippen LogP contribution >= 0.6 is 0 Å². The average molecular weight is 281 g/mol. The minimum absolute atomic E-state index is 0.329. The van der Waals surface area contributed by atoms with E-state index in [1.807, 2.05) is 0 Å². The molecule has 0 aromatic rings. The second kappa shape index (κ2) is 8.04. The van der Waals surface area contributed by atoms with Gasteiger partial charge in [-0.1, -0.05) is 0 Å². The van der Waals surface area contributed by atoms with Gasteiger partial charge in [0.15, 0.2) is 9.84 Å². The summed E-state index contributed by atoms with van der Waals surface area (Å²) in [5.41, 5.74) is 0. The van der Waals surface area contributed by atoms with Crippen molar-refractivity contribution in [3.05, 3.63) is 0 Å². The fourth-order valence-electron chi connectivity index (χ4n) is 1.19. The summed E-state index contributed by atoms with van der Waals surface area (Å²) in [6.45, 7) is 2.08. The van der Waals surface area contributed by atoms with Crippen molar-refractivity contribution >= 4 is 21.7 Å². The number of amides is 1. The van der Waals surface area contributed by atoms with Crippen LogP contribution in [-0.4, -0.2) is 56.7 Å². The van der Waals surface area contributed by atoms with Crippen molar-refractivity contribution in [3.63, 3.8) is 0 Å². The average Bonchev–Trinajstić information content (AvgIpc) is 2.22. The van der Waals surface area contributed by atoms with Crippen LogP contribution in [0.15, 0.2) is 0 Å². The molecule has 106 valence electrons. The number of sulfone groups is 1. The van der Waals surface area contributed by atoms with Gasteiger partial charge in [0.25, 0.3) is 0 Å². The molecule has 7 nitrogen and oxygen atoms in total. The number of nitrogens with one attached hydrogen (secondary N) is 1. The second-order valence-corrected chi connectivity index (χ2v) is 6.33. The fraction of sp³-hybridized carbons (Fsp3) is 0.800. The molecular weight excluding hydrogens is 262 g/mol. The predicted octanol–water partition coefficient (Wildman–Crippen LogP) is -0.583. The zero-order valence-electron chi connectivity index (χ0n) is 10.5. The maximum atomic E-state index is 11.6. The quantitative estimate of drug-likeness (QED) is 0.547. The Balaban J connectivity index is 4.15. The van der Waals surface area contributed by atoms with E-state index in [9.17, 15) is 18.0 Å². The molecule has 18 heavy (non-hydrogen) atoms. The van der Waals surface area contributed by atoms with E-state index in [-0.39, 0.29) is 0 Å². The standard InChI is InChI=1S/C10H19NO6S/c1-8(6-10(13)14)18(15,16)7-9(12)11-4-3-5-17-2/h8H,3-7H2,1-2H3,(H,11,12)(H,13,14). The SMILES string of the molecule is COCCCNC(=O)CS(=O)(=O)C(C)CC(=O)O. The first-order valence-electron chi connectivity index (χ1n) is 5.48. The molecular formula is C10H19NO6S. The first kappa shape index (κ1) is 16.9. The monoisotopic (exact) mass is 281 g/mol. The number of ether oxygens (including phenoxy) is 1. The lowest BCUT2D eigenvalue weighted by atomic mass is 10.3. The van der Waals surface area contributed by atoms with E-state index < -0.39 is 39.1 Å². The van der Waals surface area contributed by atoms with Crippen LogP contribution in [0.5, 0.6) is 0 Å². The topological polar surface area (TPSA) is 110 Å². The lowest BCUT2D eigenvalue weighted by Gasteiger charge is -2.10. The van der Waals surface area contributed by atoms with Crippen LogP contribution in [0.25, 0.3) is 0 Å². The van der Waals surface area contributed by atoms with Crippen molar-refractivity contribution in [2.24, 2.45) is 0 Å². The zero-order valence-corrected chi connectivity index (χ0v) is 11.3. The van der Waals surface area contributed by atoms with Gasteiger partial charge < -0.3 is 15.2 Å². The summed E-state index contributed by atoms with van der Waals surface area (Å²) in [6.07, 6.45) is 0.0895. The Morgan fingerprint density at radius 3 is 2.50 bits per heavy atom. The smallest absolute Gasteiger partial charge is 0.304 e. The maximum Gasteiger partial charge on any atom is 0.304 e. The highest BCUT2D eigenvalue weighted by Gasteiger charge is 2.26. The number of hydrogen-bond acceptors (Lipinski definition) is 5. The highest BCUT2D eigenvalue weighted by Crippen LogP contribution is 2.06. The van der Waals surface area contributed by atoms with Crippen LogP contribution < -0.4 is 5.32 Å². The van der Waals surface area contributed by atoms with Crippen LogP contribution in [0.2, 0.25) is 0 Å². The van der Waals surface area contributed by atoms with Gasteiger partial charge in [0, 0.05) is 20.3 Å². The van der Waals surface area contributed by atoms with Crippen LogP contribution in [-0.2, 0) is 24.2 Å². The van der Waals surface area contributed by atoms with Gasteiger partial charge in [-0.25, -0.2) is 8.42 Å². The molecule has 0 heterocycles. The molecule has 2 N–H and O–H groups in total. The van der Waals surface area contributed by atoms with E-state index in [0.717, 1.165) is 0 Å². The van der Waals surface area contributed by atoms with Crippen LogP contribution in [0.4, 0.5) is 0 Å². The minimum atomic E-state index is -3.72. The molecule has 8 heteroatoms. The molecule has 0 aliphatic carbocycles. The van der Waals surface area contributed by atoms with Crippen molar-refractivity contribution in [1.29, 1.82) is 0 Å². The van der Waals surface area contributed by atoms with Gasteiger partial charge in [0.05, 0.1) is 11.7 Å². The summed E-state index contributed by atoms with van der Waals surface area (Å²) < 4.78 is 28.0. The van der Waals surface area contributed by atoms with E-state index >= 15 is 0 Å². The molecule has 0 aliphatic rings. The molecule has 0 spiro atoms. The lowest BCUT2D eigenvalue weighted by molar-refractivity contribution is -0.137. The lowest BCUT2D eigenvalue weighted by Crippen LogP contribution is -2.35. The third-order valence-corrected chi connectivity index (χ3v) is 4.31.